The maximum absolute atomic E-state index is 13.3. The minimum atomic E-state index is -1.18. The summed E-state index contributed by atoms with van der Waals surface area (Å²) in [6, 6.07) is -4.13. The van der Waals surface area contributed by atoms with Gasteiger partial charge in [0.2, 0.25) is 17.7 Å². The van der Waals surface area contributed by atoms with Crippen LogP contribution in [0.2, 0.25) is 0 Å². The van der Waals surface area contributed by atoms with Crippen LogP contribution in [0.3, 0.4) is 0 Å². The molecule has 8 N–H and O–H groups in total. The lowest BCUT2D eigenvalue weighted by Crippen LogP contribution is -2.59. The molecule has 3 amide bonds. The zero-order chi connectivity index (χ0) is 26.8. The summed E-state index contributed by atoms with van der Waals surface area (Å²) in [6.07, 6.45) is 6.80. The molecule has 0 saturated carbocycles. The second-order valence-electron chi connectivity index (χ2n) is 9.17. The smallest absolute Gasteiger partial charge is 0.326 e. The summed E-state index contributed by atoms with van der Waals surface area (Å²) < 4.78 is 0. The van der Waals surface area contributed by atoms with Gasteiger partial charge >= 0.3 is 5.97 Å². The Hall–Kier alpha value is -3.74. The summed E-state index contributed by atoms with van der Waals surface area (Å²) in [5, 5.41) is 17.3. The highest BCUT2D eigenvalue weighted by Gasteiger charge is 2.33. The molecule has 0 aliphatic rings. The van der Waals surface area contributed by atoms with Crippen molar-refractivity contribution in [3.05, 3.63) is 36.4 Å². The molecule has 5 atom stereocenters. The van der Waals surface area contributed by atoms with Crippen LogP contribution in [-0.4, -0.2) is 72.9 Å². The number of nitrogens with zero attached hydrogens (tertiary/aromatic N) is 2. The number of aromatic amines is 2. The van der Waals surface area contributed by atoms with E-state index in [9.17, 15) is 24.3 Å². The molecule has 0 radical (unpaired) electrons. The van der Waals surface area contributed by atoms with Gasteiger partial charge in [-0.05, 0) is 11.8 Å². The van der Waals surface area contributed by atoms with E-state index in [0.717, 1.165) is 0 Å². The molecule has 0 fully saturated rings. The van der Waals surface area contributed by atoms with Crippen molar-refractivity contribution >= 4 is 23.7 Å². The van der Waals surface area contributed by atoms with Gasteiger partial charge in [-0.15, -0.1) is 0 Å². The zero-order valence-corrected chi connectivity index (χ0v) is 20.9. The molecule has 2 rings (SSSR count). The fourth-order valence-corrected chi connectivity index (χ4v) is 3.54. The first kappa shape index (κ1) is 28.5. The first-order valence-corrected chi connectivity index (χ1v) is 11.9. The van der Waals surface area contributed by atoms with Crippen molar-refractivity contribution in [2.45, 2.75) is 71.1 Å². The van der Waals surface area contributed by atoms with E-state index in [0.29, 0.717) is 17.8 Å². The first-order chi connectivity index (χ1) is 17.0. The average molecular weight is 505 g/mol. The predicted molar refractivity (Wildman–Crippen MR) is 130 cm³/mol. The van der Waals surface area contributed by atoms with Crippen LogP contribution in [0.1, 0.15) is 45.5 Å². The van der Waals surface area contributed by atoms with E-state index in [-0.39, 0.29) is 24.7 Å². The van der Waals surface area contributed by atoms with Crippen molar-refractivity contribution in [1.29, 1.82) is 0 Å². The number of aromatic nitrogens is 4. The van der Waals surface area contributed by atoms with Crippen molar-refractivity contribution in [2.75, 3.05) is 0 Å². The van der Waals surface area contributed by atoms with E-state index in [2.05, 4.69) is 35.9 Å². The molecule has 36 heavy (non-hydrogen) atoms. The number of imidazole rings is 2. The number of hydrogen-bond acceptors (Lipinski definition) is 7. The summed E-state index contributed by atoms with van der Waals surface area (Å²) in [7, 11) is 0. The Morgan fingerprint density at radius 3 is 1.92 bits per heavy atom. The van der Waals surface area contributed by atoms with Gasteiger partial charge in [0.15, 0.2) is 0 Å². The number of carboxylic acid groups (broad SMARTS) is 1. The maximum atomic E-state index is 13.3. The van der Waals surface area contributed by atoms with Crippen molar-refractivity contribution in [3.8, 4) is 0 Å². The Balaban J connectivity index is 2.18. The van der Waals surface area contributed by atoms with Crippen LogP contribution in [0, 0.1) is 11.8 Å². The fourth-order valence-electron chi connectivity index (χ4n) is 3.54. The van der Waals surface area contributed by atoms with Crippen LogP contribution in [0.5, 0.6) is 0 Å². The predicted octanol–water partition coefficient (Wildman–Crippen LogP) is -0.514. The highest BCUT2D eigenvalue weighted by atomic mass is 16.4. The molecule has 0 aliphatic heterocycles. The van der Waals surface area contributed by atoms with Gasteiger partial charge in [0.25, 0.3) is 0 Å². The van der Waals surface area contributed by atoms with Gasteiger partial charge in [-0.1, -0.05) is 34.1 Å². The van der Waals surface area contributed by atoms with Gasteiger partial charge in [-0.2, -0.15) is 0 Å². The van der Waals surface area contributed by atoms with Crippen molar-refractivity contribution in [1.82, 2.24) is 35.9 Å². The van der Waals surface area contributed by atoms with Gasteiger partial charge < -0.3 is 36.8 Å². The molecule has 2 aromatic rings. The quantitative estimate of drug-likeness (QED) is 0.178. The molecule has 13 heteroatoms. The maximum Gasteiger partial charge on any atom is 0.326 e. The molecule has 5 unspecified atom stereocenters. The summed E-state index contributed by atoms with van der Waals surface area (Å²) in [5.41, 5.74) is 7.27. The fraction of sp³-hybridized carbons (Fsp3) is 0.565. The van der Waals surface area contributed by atoms with Crippen LogP contribution in [0.25, 0.3) is 0 Å². The number of carbonyl (C=O) groups is 4. The van der Waals surface area contributed by atoms with E-state index in [1.807, 2.05) is 6.92 Å². The number of H-pyrrole nitrogens is 2. The molecular weight excluding hydrogens is 468 g/mol. The zero-order valence-electron chi connectivity index (χ0n) is 20.9. The Kier molecular flexibility index (Phi) is 10.6. The second kappa shape index (κ2) is 13.4. The minimum absolute atomic E-state index is 0.0442. The molecule has 0 aromatic carbocycles. The third-order valence-corrected chi connectivity index (χ3v) is 5.97. The number of amides is 3. The van der Waals surface area contributed by atoms with Gasteiger partial charge in [-0.25, -0.2) is 14.8 Å². The number of hydrogen-bond donors (Lipinski definition) is 7. The van der Waals surface area contributed by atoms with Crippen LogP contribution < -0.4 is 21.7 Å². The Labute approximate surface area is 209 Å². The second-order valence-corrected chi connectivity index (χ2v) is 9.17. The highest BCUT2D eigenvalue weighted by Crippen LogP contribution is 2.11. The third-order valence-electron chi connectivity index (χ3n) is 5.97. The molecule has 0 spiro atoms. The third kappa shape index (κ3) is 8.18. The van der Waals surface area contributed by atoms with E-state index < -0.39 is 47.9 Å². The molecule has 0 aliphatic carbocycles. The van der Waals surface area contributed by atoms with E-state index in [1.165, 1.54) is 18.9 Å². The molecule has 0 saturated heterocycles. The largest absolute Gasteiger partial charge is 0.480 e. The monoisotopic (exact) mass is 504 g/mol. The van der Waals surface area contributed by atoms with Gasteiger partial charge in [0, 0.05) is 36.6 Å². The first-order valence-electron chi connectivity index (χ1n) is 11.9. The summed E-state index contributed by atoms with van der Waals surface area (Å²) in [4.78, 5) is 64.3. The Morgan fingerprint density at radius 2 is 1.44 bits per heavy atom. The lowest BCUT2D eigenvalue weighted by molar-refractivity contribution is -0.143. The molecule has 2 aromatic heterocycles. The van der Waals surface area contributed by atoms with E-state index in [1.54, 1.807) is 27.0 Å². The van der Waals surface area contributed by atoms with E-state index >= 15 is 0 Å². The van der Waals surface area contributed by atoms with Crippen LogP contribution in [0.4, 0.5) is 0 Å². The Bertz CT molecular complexity index is 992. The standard InChI is InChI=1S/C23H36N8O5/c1-5-13(4)19(31-20(32)16(24)6-14-8-25-10-27-14)22(34)29-17(7-15-9-26-11-28-15)21(33)30-18(12(2)3)23(35)36/h8-13,16-19H,5-7,24H2,1-4H3,(H,25,27)(H,26,28)(H,29,34)(H,30,33)(H,31,32)(H,35,36). The molecule has 2 heterocycles. The number of aliphatic carboxylic acids is 1. The molecular formula is C23H36N8O5. The van der Waals surface area contributed by atoms with Gasteiger partial charge in [0.05, 0.1) is 18.7 Å². The van der Waals surface area contributed by atoms with Gasteiger partial charge in [0.1, 0.15) is 18.1 Å². The van der Waals surface area contributed by atoms with Gasteiger partial charge in [-0.3, -0.25) is 14.4 Å². The number of rotatable bonds is 14. The van der Waals surface area contributed by atoms with Crippen molar-refractivity contribution in [3.63, 3.8) is 0 Å². The lowest BCUT2D eigenvalue weighted by atomic mass is 9.96. The summed E-state index contributed by atoms with van der Waals surface area (Å²) in [5.74, 6) is -3.59. The number of carbonyl (C=O) groups excluding carboxylic acids is 3. The SMILES string of the molecule is CCC(C)C(NC(=O)C(N)Cc1cnc[nH]1)C(=O)NC(Cc1cnc[nH]1)C(=O)NC(C(=O)O)C(C)C. The van der Waals surface area contributed by atoms with Crippen LogP contribution in [0.15, 0.2) is 25.0 Å². The number of nitrogens with two attached hydrogens (primary N) is 1. The number of nitrogens with one attached hydrogen (secondary N) is 5. The highest BCUT2D eigenvalue weighted by molar-refractivity contribution is 5.94. The summed E-state index contributed by atoms with van der Waals surface area (Å²) in [6.45, 7) is 7.01. The van der Waals surface area contributed by atoms with Crippen molar-refractivity contribution in [2.24, 2.45) is 17.6 Å². The molecule has 13 nitrogen and oxygen atoms in total. The number of carboxylic acids is 1. The normalized spacial score (nSPS) is 15.4. The molecule has 198 valence electrons. The lowest BCUT2D eigenvalue weighted by Gasteiger charge is -2.28. The Morgan fingerprint density at radius 1 is 0.889 bits per heavy atom. The summed E-state index contributed by atoms with van der Waals surface area (Å²) >= 11 is 0. The van der Waals surface area contributed by atoms with Crippen LogP contribution in [-0.2, 0) is 32.0 Å². The minimum Gasteiger partial charge on any atom is -0.480 e. The van der Waals surface area contributed by atoms with Crippen LogP contribution >= 0.6 is 0 Å². The van der Waals surface area contributed by atoms with Crippen molar-refractivity contribution < 1.29 is 24.3 Å². The van der Waals surface area contributed by atoms with E-state index in [4.69, 9.17) is 5.73 Å². The average Bonchev–Trinajstić information content (AvgIpc) is 3.53. The molecule has 0 bridgehead atoms. The topological polar surface area (TPSA) is 208 Å².